The molecule has 2 aromatic heterocycles. The van der Waals surface area contributed by atoms with Crippen LogP contribution < -0.4 is 0 Å². The van der Waals surface area contributed by atoms with Crippen LogP contribution in [0.3, 0.4) is 0 Å². The Hall–Kier alpha value is -7.44. The Bertz CT molecular complexity index is 2910. The van der Waals surface area contributed by atoms with Crippen LogP contribution in [0.15, 0.2) is 182 Å². The number of rotatable bonds is 6. The van der Waals surface area contributed by atoms with E-state index >= 15 is 0 Å². The third-order valence-electron chi connectivity index (χ3n) is 9.82. The Morgan fingerprint density at radius 3 is 1.13 bits per heavy atom. The molecule has 0 fully saturated rings. The molecule has 0 saturated heterocycles. The Kier molecular flexibility index (Phi) is 7.69. The first-order chi connectivity index (χ1) is 26.7. The lowest BCUT2D eigenvalue weighted by molar-refractivity contribution is 1.04. The summed E-state index contributed by atoms with van der Waals surface area (Å²) < 4.78 is 0. The summed E-state index contributed by atoms with van der Waals surface area (Å²) in [6.07, 6.45) is 0. The van der Waals surface area contributed by atoms with Crippen LogP contribution in [-0.4, -0.2) is 30.1 Å². The van der Waals surface area contributed by atoms with Gasteiger partial charge in [0, 0.05) is 33.0 Å². The van der Waals surface area contributed by atoms with Gasteiger partial charge in [-0.15, -0.1) is 10.2 Å². The first-order valence-corrected chi connectivity index (χ1v) is 17.9. The maximum atomic E-state index is 5.25. The van der Waals surface area contributed by atoms with Crippen molar-refractivity contribution in [1.29, 1.82) is 0 Å². The second-order valence-corrected chi connectivity index (χ2v) is 13.2. The highest BCUT2D eigenvalue weighted by Crippen LogP contribution is 2.38. The molecule has 252 valence electrons. The molecule has 0 bridgehead atoms. The van der Waals surface area contributed by atoms with Crippen molar-refractivity contribution in [2.45, 2.75) is 0 Å². The summed E-state index contributed by atoms with van der Waals surface area (Å²) in [5.74, 6) is 2.31. The summed E-state index contributed by atoms with van der Waals surface area (Å²) in [4.78, 5) is 20.0. The second kappa shape index (κ2) is 13.3. The SMILES string of the molecule is c1ccc(-c2ccc3c(c2)c2cc(-c4ccccc4)ccc2c2nc(-c4cccc(-c5nc(-c6ccccc6)nc(-c6ccccc6)n5)c4)nnc32)cc1. The molecule has 10 rings (SSSR count). The number of hydrogen-bond donors (Lipinski definition) is 0. The molecule has 0 spiro atoms. The number of fused-ring (bicyclic) bond motifs is 6. The lowest BCUT2D eigenvalue weighted by atomic mass is 9.93. The molecule has 0 N–H and O–H groups in total. The Labute approximate surface area is 311 Å². The van der Waals surface area contributed by atoms with Crippen LogP contribution in [0, 0.1) is 0 Å². The van der Waals surface area contributed by atoms with Crippen LogP contribution in [0.25, 0.3) is 100 Å². The average molecular weight is 691 g/mol. The molecule has 0 radical (unpaired) electrons. The summed E-state index contributed by atoms with van der Waals surface area (Å²) in [6, 6.07) is 62.2. The molecule has 6 heteroatoms. The van der Waals surface area contributed by atoms with E-state index in [1.165, 1.54) is 0 Å². The highest BCUT2D eigenvalue weighted by molar-refractivity contribution is 6.24. The predicted molar refractivity (Wildman–Crippen MR) is 218 cm³/mol. The fourth-order valence-electron chi connectivity index (χ4n) is 7.12. The van der Waals surface area contributed by atoms with Crippen molar-refractivity contribution in [3.8, 4) is 67.8 Å². The van der Waals surface area contributed by atoms with Gasteiger partial charge in [0.05, 0.1) is 0 Å². The summed E-state index contributed by atoms with van der Waals surface area (Å²) in [5.41, 5.74) is 9.67. The molecule has 10 aromatic rings. The largest absolute Gasteiger partial charge is 0.224 e. The first kappa shape index (κ1) is 31.3. The summed E-state index contributed by atoms with van der Waals surface area (Å²) in [5, 5.41) is 13.9. The molecule has 0 aliphatic rings. The smallest absolute Gasteiger partial charge is 0.182 e. The van der Waals surface area contributed by atoms with E-state index in [0.29, 0.717) is 23.3 Å². The van der Waals surface area contributed by atoms with Crippen LogP contribution in [0.1, 0.15) is 0 Å². The minimum absolute atomic E-state index is 0.527. The number of nitrogens with zero attached hydrogens (tertiary/aromatic N) is 6. The van der Waals surface area contributed by atoms with Gasteiger partial charge >= 0.3 is 0 Å². The van der Waals surface area contributed by atoms with E-state index in [4.69, 9.17) is 30.1 Å². The van der Waals surface area contributed by atoms with Crippen LogP contribution in [0.2, 0.25) is 0 Å². The molecule has 0 saturated carbocycles. The lowest BCUT2D eigenvalue weighted by Crippen LogP contribution is -2.00. The number of hydrogen-bond acceptors (Lipinski definition) is 6. The van der Waals surface area contributed by atoms with Crippen molar-refractivity contribution in [3.05, 3.63) is 182 Å². The quantitative estimate of drug-likeness (QED) is 0.162. The monoisotopic (exact) mass is 690 g/mol. The minimum Gasteiger partial charge on any atom is -0.224 e. The van der Waals surface area contributed by atoms with E-state index in [2.05, 4.69) is 84.9 Å². The highest BCUT2D eigenvalue weighted by atomic mass is 15.2. The lowest BCUT2D eigenvalue weighted by Gasteiger charge is -2.13. The van der Waals surface area contributed by atoms with Gasteiger partial charge in [0.15, 0.2) is 23.3 Å². The molecule has 8 aromatic carbocycles. The van der Waals surface area contributed by atoms with Gasteiger partial charge in [-0.25, -0.2) is 19.9 Å². The molecule has 0 amide bonds. The van der Waals surface area contributed by atoms with Gasteiger partial charge in [0.2, 0.25) is 0 Å². The van der Waals surface area contributed by atoms with Crippen molar-refractivity contribution < 1.29 is 0 Å². The van der Waals surface area contributed by atoms with Crippen molar-refractivity contribution in [2.24, 2.45) is 0 Å². The van der Waals surface area contributed by atoms with Gasteiger partial charge in [-0.2, -0.15) is 0 Å². The maximum Gasteiger partial charge on any atom is 0.182 e. The van der Waals surface area contributed by atoms with Gasteiger partial charge in [0.1, 0.15) is 11.0 Å². The molecule has 2 heterocycles. The third-order valence-corrected chi connectivity index (χ3v) is 9.82. The first-order valence-electron chi connectivity index (χ1n) is 17.9. The molecule has 0 unspecified atom stereocenters. The molecular weight excluding hydrogens is 661 g/mol. The van der Waals surface area contributed by atoms with Crippen LogP contribution in [0.4, 0.5) is 0 Å². The number of benzene rings is 8. The van der Waals surface area contributed by atoms with Crippen molar-refractivity contribution in [3.63, 3.8) is 0 Å². The second-order valence-electron chi connectivity index (χ2n) is 13.2. The van der Waals surface area contributed by atoms with E-state index in [1.807, 2.05) is 97.1 Å². The van der Waals surface area contributed by atoms with E-state index in [0.717, 1.165) is 77.1 Å². The van der Waals surface area contributed by atoms with E-state index < -0.39 is 0 Å². The standard InChI is InChI=1S/C48H30N6/c1-5-14-31(15-6-1)35-24-26-39-41(29-35)42-30-36(32-16-7-2-8-17-32)25-27-40(42)44-43(39)49-48(54-53-44)38-23-13-22-37(28-38)47-51-45(33-18-9-3-10-19-33)50-46(52-47)34-20-11-4-12-21-34/h1-30H. The van der Waals surface area contributed by atoms with Crippen LogP contribution in [0.5, 0.6) is 0 Å². The zero-order valence-corrected chi connectivity index (χ0v) is 29.0. The van der Waals surface area contributed by atoms with Gasteiger partial charge < -0.3 is 0 Å². The predicted octanol–water partition coefficient (Wildman–Crippen LogP) is 11.5. The molecule has 54 heavy (non-hydrogen) atoms. The topological polar surface area (TPSA) is 77.3 Å². The zero-order chi connectivity index (χ0) is 35.8. The Morgan fingerprint density at radius 2 is 0.630 bits per heavy atom. The summed E-state index contributed by atoms with van der Waals surface area (Å²) in [7, 11) is 0. The van der Waals surface area contributed by atoms with Crippen LogP contribution >= 0.6 is 0 Å². The maximum absolute atomic E-state index is 5.25. The molecular formula is C48H30N6. The summed E-state index contributed by atoms with van der Waals surface area (Å²) >= 11 is 0. The van der Waals surface area contributed by atoms with E-state index in [9.17, 15) is 0 Å². The molecule has 0 aliphatic heterocycles. The molecule has 0 atom stereocenters. The van der Waals surface area contributed by atoms with Crippen molar-refractivity contribution in [1.82, 2.24) is 30.1 Å². The normalized spacial score (nSPS) is 11.3. The van der Waals surface area contributed by atoms with E-state index in [-0.39, 0.29) is 0 Å². The Balaban J connectivity index is 1.14. The average Bonchev–Trinajstić information content (AvgIpc) is 3.27. The van der Waals surface area contributed by atoms with Crippen molar-refractivity contribution in [2.75, 3.05) is 0 Å². The van der Waals surface area contributed by atoms with E-state index in [1.54, 1.807) is 0 Å². The third kappa shape index (κ3) is 5.72. The molecule has 0 aliphatic carbocycles. The molecule has 6 nitrogen and oxygen atoms in total. The minimum atomic E-state index is 0.527. The Morgan fingerprint density at radius 1 is 0.222 bits per heavy atom. The fraction of sp³-hybridized carbons (Fsp3) is 0. The fourth-order valence-corrected chi connectivity index (χ4v) is 7.12. The van der Waals surface area contributed by atoms with Crippen LogP contribution in [-0.2, 0) is 0 Å². The van der Waals surface area contributed by atoms with Gasteiger partial charge in [-0.05, 0) is 51.2 Å². The zero-order valence-electron chi connectivity index (χ0n) is 29.0. The van der Waals surface area contributed by atoms with Gasteiger partial charge in [-0.3, -0.25) is 0 Å². The van der Waals surface area contributed by atoms with Gasteiger partial charge in [-0.1, -0.05) is 164 Å². The number of aromatic nitrogens is 6. The highest BCUT2D eigenvalue weighted by Gasteiger charge is 2.17. The van der Waals surface area contributed by atoms with Crippen molar-refractivity contribution >= 4 is 32.6 Å². The summed E-state index contributed by atoms with van der Waals surface area (Å²) in [6.45, 7) is 0. The van der Waals surface area contributed by atoms with Gasteiger partial charge in [0.25, 0.3) is 0 Å².